The third-order valence-corrected chi connectivity index (χ3v) is 1.25. The molecule has 13 heavy (non-hydrogen) atoms. The van der Waals surface area contributed by atoms with Crippen molar-refractivity contribution in [1.82, 2.24) is 9.97 Å². The summed E-state index contributed by atoms with van der Waals surface area (Å²) in [5.74, 6) is 2.76. The summed E-state index contributed by atoms with van der Waals surface area (Å²) < 4.78 is 36.1. The lowest BCUT2D eigenvalue weighted by molar-refractivity contribution is -0.144. The van der Waals surface area contributed by atoms with Gasteiger partial charge in [0.05, 0.1) is 0 Å². The molecule has 1 rings (SSSR count). The SMILES string of the molecule is C#Cc1nc(C(F)(F)F)[nH]c1C#C. The van der Waals surface area contributed by atoms with Crippen LogP contribution in [-0.4, -0.2) is 9.97 Å². The molecule has 0 aromatic carbocycles. The Morgan fingerprint density at radius 1 is 1.23 bits per heavy atom. The van der Waals surface area contributed by atoms with Crippen LogP contribution in [0.5, 0.6) is 0 Å². The normalized spacial score (nSPS) is 10.5. The highest BCUT2D eigenvalue weighted by Crippen LogP contribution is 2.27. The molecule has 0 aliphatic heterocycles. The summed E-state index contributed by atoms with van der Waals surface area (Å²) in [5.41, 5.74) is -0.329. The maximum Gasteiger partial charge on any atom is 0.449 e. The lowest BCUT2D eigenvalue weighted by atomic mass is 10.3. The minimum atomic E-state index is -4.55. The van der Waals surface area contributed by atoms with Gasteiger partial charge in [-0.05, 0) is 11.8 Å². The van der Waals surface area contributed by atoms with Crippen LogP contribution in [0.15, 0.2) is 0 Å². The molecule has 0 aliphatic rings. The van der Waals surface area contributed by atoms with Gasteiger partial charge in [-0.3, -0.25) is 0 Å². The van der Waals surface area contributed by atoms with Crippen LogP contribution in [0.1, 0.15) is 17.2 Å². The Morgan fingerprint density at radius 2 is 1.85 bits per heavy atom. The highest BCUT2D eigenvalue weighted by molar-refractivity contribution is 5.40. The van der Waals surface area contributed by atoms with Crippen LogP contribution in [-0.2, 0) is 6.18 Å². The van der Waals surface area contributed by atoms with Crippen molar-refractivity contribution < 1.29 is 13.2 Å². The number of H-pyrrole nitrogens is 1. The monoisotopic (exact) mass is 184 g/mol. The van der Waals surface area contributed by atoms with E-state index < -0.39 is 12.0 Å². The van der Waals surface area contributed by atoms with Gasteiger partial charge >= 0.3 is 6.18 Å². The van der Waals surface area contributed by atoms with E-state index in [4.69, 9.17) is 12.8 Å². The van der Waals surface area contributed by atoms with E-state index in [0.717, 1.165) is 0 Å². The maximum absolute atomic E-state index is 12.0. The second kappa shape index (κ2) is 2.87. The Balaban J connectivity index is 3.26. The molecule has 5 heteroatoms. The fourth-order valence-electron chi connectivity index (χ4n) is 0.716. The molecule has 1 aromatic rings. The fourth-order valence-corrected chi connectivity index (χ4v) is 0.716. The van der Waals surface area contributed by atoms with E-state index in [9.17, 15) is 13.2 Å². The number of aromatic nitrogens is 2. The lowest BCUT2D eigenvalue weighted by Crippen LogP contribution is -2.07. The molecule has 1 heterocycles. The maximum atomic E-state index is 12.0. The average Bonchev–Trinajstić information content (AvgIpc) is 2.45. The summed E-state index contributed by atoms with van der Waals surface area (Å²) >= 11 is 0. The summed E-state index contributed by atoms with van der Waals surface area (Å²) in [4.78, 5) is 5.02. The number of nitrogens with zero attached hydrogens (tertiary/aromatic N) is 1. The van der Waals surface area contributed by atoms with Crippen molar-refractivity contribution in [2.45, 2.75) is 6.18 Å². The number of hydrogen-bond acceptors (Lipinski definition) is 1. The first kappa shape index (κ1) is 9.21. The van der Waals surface area contributed by atoms with Gasteiger partial charge in [-0.1, -0.05) is 0 Å². The van der Waals surface area contributed by atoms with Gasteiger partial charge in [0.25, 0.3) is 0 Å². The number of rotatable bonds is 0. The van der Waals surface area contributed by atoms with Crippen molar-refractivity contribution in [2.24, 2.45) is 0 Å². The van der Waals surface area contributed by atoms with E-state index in [-0.39, 0.29) is 11.4 Å². The van der Waals surface area contributed by atoms with Gasteiger partial charge in [-0.25, -0.2) is 4.98 Å². The molecule has 0 fully saturated rings. The van der Waals surface area contributed by atoms with Crippen LogP contribution < -0.4 is 0 Å². The van der Waals surface area contributed by atoms with Gasteiger partial charge in [-0.2, -0.15) is 13.2 Å². The minimum Gasteiger partial charge on any atom is -0.327 e. The molecule has 0 saturated carbocycles. The van der Waals surface area contributed by atoms with Gasteiger partial charge in [0.1, 0.15) is 11.4 Å². The zero-order valence-corrected chi connectivity index (χ0v) is 6.24. The average molecular weight is 184 g/mol. The van der Waals surface area contributed by atoms with Crippen molar-refractivity contribution in [2.75, 3.05) is 0 Å². The summed E-state index contributed by atoms with van der Waals surface area (Å²) in [5, 5.41) is 0. The number of halogens is 3. The topological polar surface area (TPSA) is 28.7 Å². The summed E-state index contributed by atoms with van der Waals surface area (Å²) in [6.07, 6.45) is 5.23. The molecular formula is C8H3F3N2. The first-order chi connectivity index (χ1) is 5.99. The fraction of sp³-hybridized carbons (Fsp3) is 0.125. The predicted octanol–water partition coefficient (Wildman–Crippen LogP) is 1.39. The Morgan fingerprint density at radius 3 is 2.15 bits per heavy atom. The second-order valence-corrected chi connectivity index (χ2v) is 2.10. The molecule has 0 saturated heterocycles. The van der Waals surface area contributed by atoms with Gasteiger partial charge in [0.2, 0.25) is 5.82 Å². The molecule has 0 atom stereocenters. The van der Waals surface area contributed by atoms with E-state index in [1.165, 1.54) is 0 Å². The lowest BCUT2D eigenvalue weighted by Gasteiger charge is -1.98. The number of nitrogens with one attached hydrogen (secondary N) is 1. The van der Waals surface area contributed by atoms with Gasteiger partial charge in [0.15, 0.2) is 0 Å². The van der Waals surface area contributed by atoms with Crippen LogP contribution in [0.3, 0.4) is 0 Å². The summed E-state index contributed by atoms with van der Waals surface area (Å²) in [7, 11) is 0. The van der Waals surface area contributed by atoms with E-state index >= 15 is 0 Å². The molecule has 0 amide bonds. The zero-order chi connectivity index (χ0) is 10.1. The predicted molar refractivity (Wildman–Crippen MR) is 39.5 cm³/mol. The van der Waals surface area contributed by atoms with Crippen molar-refractivity contribution in [1.29, 1.82) is 0 Å². The molecule has 0 spiro atoms. The quantitative estimate of drug-likeness (QED) is 0.606. The number of aromatic amines is 1. The molecular weight excluding hydrogens is 181 g/mol. The summed E-state index contributed by atoms with van der Waals surface area (Å²) in [6.45, 7) is 0. The highest BCUT2D eigenvalue weighted by Gasteiger charge is 2.35. The molecule has 0 bridgehead atoms. The molecule has 0 unspecified atom stereocenters. The van der Waals surface area contributed by atoms with E-state index in [1.807, 2.05) is 16.8 Å². The van der Waals surface area contributed by atoms with Gasteiger partial charge in [-0.15, -0.1) is 12.8 Å². The van der Waals surface area contributed by atoms with E-state index in [1.54, 1.807) is 0 Å². The molecule has 66 valence electrons. The van der Waals surface area contributed by atoms with Crippen molar-refractivity contribution in [3.8, 4) is 24.7 Å². The van der Waals surface area contributed by atoms with Crippen LogP contribution in [0.2, 0.25) is 0 Å². The van der Waals surface area contributed by atoms with Gasteiger partial charge in [0, 0.05) is 0 Å². The first-order valence-corrected chi connectivity index (χ1v) is 3.09. The number of terminal acetylenes is 2. The van der Waals surface area contributed by atoms with Crippen LogP contribution in [0.4, 0.5) is 13.2 Å². The molecule has 0 radical (unpaired) electrons. The van der Waals surface area contributed by atoms with Crippen molar-refractivity contribution >= 4 is 0 Å². The first-order valence-electron chi connectivity index (χ1n) is 3.09. The van der Waals surface area contributed by atoms with Crippen LogP contribution in [0.25, 0.3) is 0 Å². The van der Waals surface area contributed by atoms with E-state index in [0.29, 0.717) is 0 Å². The largest absolute Gasteiger partial charge is 0.449 e. The van der Waals surface area contributed by atoms with Crippen molar-refractivity contribution in [3.05, 3.63) is 17.2 Å². The van der Waals surface area contributed by atoms with Crippen LogP contribution >= 0.6 is 0 Å². The molecule has 0 aliphatic carbocycles. The number of alkyl halides is 3. The highest BCUT2D eigenvalue weighted by atomic mass is 19.4. The standard InChI is InChI=1S/C8H3F3N2/c1-3-5-6(4-2)13-7(12-5)8(9,10)11/h1-2H,(H,12,13). The number of imidazole rings is 1. The van der Waals surface area contributed by atoms with Crippen LogP contribution in [0, 0.1) is 24.7 Å². The van der Waals surface area contributed by atoms with Gasteiger partial charge < -0.3 is 4.98 Å². The third kappa shape index (κ3) is 1.65. The number of hydrogen-bond donors (Lipinski definition) is 1. The minimum absolute atomic E-state index is 0.130. The molecule has 1 aromatic heterocycles. The smallest absolute Gasteiger partial charge is 0.327 e. The Hall–Kier alpha value is -1.88. The Labute approximate surface area is 72.2 Å². The Bertz CT molecular complexity index is 369. The third-order valence-electron chi connectivity index (χ3n) is 1.25. The van der Waals surface area contributed by atoms with Crippen molar-refractivity contribution in [3.63, 3.8) is 0 Å². The molecule has 2 nitrogen and oxygen atoms in total. The summed E-state index contributed by atoms with van der Waals surface area (Å²) in [6, 6.07) is 0. The zero-order valence-electron chi connectivity index (χ0n) is 6.24. The molecule has 1 N–H and O–H groups in total. The Kier molecular flexibility index (Phi) is 2.03. The second-order valence-electron chi connectivity index (χ2n) is 2.10. The van der Waals surface area contributed by atoms with E-state index in [2.05, 4.69) is 4.98 Å².